The molecule has 0 spiro atoms. The summed E-state index contributed by atoms with van der Waals surface area (Å²) in [5.41, 5.74) is 0. The van der Waals surface area contributed by atoms with E-state index in [2.05, 4.69) is 0 Å². The smallest absolute Gasteiger partial charge is 0.109 e. The highest BCUT2D eigenvalue weighted by atomic mass is 35.5. The molecule has 0 saturated heterocycles. The van der Waals surface area contributed by atoms with Crippen LogP contribution in [-0.2, 0) is 0 Å². The number of alkyl halides is 8. The molecule has 8 atom stereocenters. The van der Waals surface area contributed by atoms with E-state index in [9.17, 15) is 0 Å². The molecule has 0 radical (unpaired) electrons. The van der Waals surface area contributed by atoms with Gasteiger partial charge in [0.1, 0.15) is 19.5 Å². The van der Waals surface area contributed by atoms with Gasteiger partial charge in [-0.25, -0.2) is 0 Å². The van der Waals surface area contributed by atoms with Crippen molar-refractivity contribution in [3.05, 3.63) is 20.1 Å². The molecular weight excluding hydrogens is 606 g/mol. The minimum atomic E-state index is -1.69. The lowest BCUT2D eigenvalue weighted by atomic mass is 9.74. The van der Waals surface area contributed by atoms with Gasteiger partial charge in [0.2, 0.25) is 0 Å². The van der Waals surface area contributed by atoms with Gasteiger partial charge < -0.3 is 0 Å². The lowest BCUT2D eigenvalue weighted by molar-refractivity contribution is 0.258. The molecule has 12 heteroatoms. The first-order valence-corrected chi connectivity index (χ1v) is 12.3. The Morgan fingerprint density at radius 2 is 0.741 bits per heavy atom. The maximum absolute atomic E-state index is 7.01. The Morgan fingerprint density at radius 3 is 1.04 bits per heavy atom. The largest absolute Gasteiger partial charge is 0.166 e. The first-order valence-electron chi connectivity index (χ1n) is 7.74. The minimum Gasteiger partial charge on any atom is -0.109 e. The van der Waals surface area contributed by atoms with Gasteiger partial charge in [-0.05, 0) is 30.1 Å². The molecule has 0 aliphatic heterocycles. The van der Waals surface area contributed by atoms with Crippen molar-refractivity contribution in [2.45, 2.75) is 34.6 Å². The zero-order valence-corrected chi connectivity index (χ0v) is 21.6. The first-order chi connectivity index (χ1) is 12.1. The molecule has 0 unspecified atom stereocenters. The summed E-state index contributed by atoms with van der Waals surface area (Å²) in [6.45, 7) is 0. The highest BCUT2D eigenvalue weighted by molar-refractivity contribution is 6.67. The molecule has 5 aliphatic rings. The van der Waals surface area contributed by atoms with Crippen LogP contribution in [0.1, 0.15) is 6.42 Å². The topological polar surface area (TPSA) is 0 Å². The SMILES string of the molecule is ClC1=C(Cl)[C@@]2(Cl)[C@H]3C[C@H]4[C@@H]([C@H]3[C@@]1(Cl)C2(Cl)Cl)[C@]1(Cl)C(Cl)=C(Cl)[C@@]4(Cl)C1(Cl)Cl. The van der Waals surface area contributed by atoms with E-state index in [1.165, 1.54) is 0 Å². The van der Waals surface area contributed by atoms with Crippen LogP contribution in [0.15, 0.2) is 20.1 Å². The molecule has 0 aromatic heterocycles. The second-order valence-corrected chi connectivity index (χ2v) is 14.3. The van der Waals surface area contributed by atoms with E-state index in [1.54, 1.807) is 0 Å². The fourth-order valence-electron chi connectivity index (χ4n) is 6.16. The number of allylic oxidation sites excluding steroid dienone is 4. The maximum atomic E-state index is 7.01. The molecule has 0 aromatic carbocycles. The Morgan fingerprint density at radius 1 is 0.481 bits per heavy atom. The van der Waals surface area contributed by atoms with Crippen molar-refractivity contribution in [2.24, 2.45) is 23.7 Å². The van der Waals surface area contributed by atoms with E-state index in [1.807, 2.05) is 0 Å². The van der Waals surface area contributed by atoms with Crippen LogP contribution in [0.2, 0.25) is 0 Å². The van der Waals surface area contributed by atoms with Gasteiger partial charge in [-0.2, -0.15) is 0 Å². The Kier molecular flexibility index (Phi) is 4.47. The van der Waals surface area contributed by atoms with Crippen molar-refractivity contribution < 1.29 is 0 Å². The van der Waals surface area contributed by atoms with Gasteiger partial charge >= 0.3 is 0 Å². The maximum Gasteiger partial charge on any atom is 0.166 e. The Bertz CT molecular complexity index is 806. The summed E-state index contributed by atoms with van der Waals surface area (Å²) in [4.78, 5) is -5.83. The predicted molar refractivity (Wildman–Crippen MR) is 119 cm³/mol. The van der Waals surface area contributed by atoms with Crippen molar-refractivity contribution in [1.82, 2.24) is 0 Å². The van der Waals surface area contributed by atoms with Crippen molar-refractivity contribution in [3.8, 4) is 0 Å². The molecule has 27 heavy (non-hydrogen) atoms. The summed E-state index contributed by atoms with van der Waals surface area (Å²) < 4.78 is -3.37. The summed E-state index contributed by atoms with van der Waals surface area (Å²) in [6, 6.07) is 0. The van der Waals surface area contributed by atoms with E-state index in [0.717, 1.165) is 0 Å². The molecule has 0 heterocycles. The average Bonchev–Trinajstić information content (AvgIpc) is 3.16. The molecule has 0 aromatic rings. The number of rotatable bonds is 0. The van der Waals surface area contributed by atoms with Crippen LogP contribution >= 0.6 is 139 Å². The van der Waals surface area contributed by atoms with E-state index in [-0.39, 0.29) is 32.0 Å². The molecule has 3 fully saturated rings. The summed E-state index contributed by atoms with van der Waals surface area (Å²) in [7, 11) is 0. The fourth-order valence-corrected chi connectivity index (χ4v) is 12.4. The van der Waals surface area contributed by atoms with Gasteiger partial charge in [0, 0.05) is 0 Å². The number of fused-ring (bicyclic) bond motifs is 11. The van der Waals surface area contributed by atoms with Crippen molar-refractivity contribution >= 4 is 139 Å². The predicted octanol–water partition coefficient (Wildman–Crippen LogP) is 8.55. The third-order valence-corrected chi connectivity index (χ3v) is 15.8. The van der Waals surface area contributed by atoms with Crippen LogP contribution in [0.5, 0.6) is 0 Å². The van der Waals surface area contributed by atoms with Crippen LogP contribution in [0.4, 0.5) is 0 Å². The highest BCUT2D eigenvalue weighted by Gasteiger charge is 2.92. The monoisotopic (exact) mass is 606 g/mol. The second kappa shape index (κ2) is 5.53. The summed E-state index contributed by atoms with van der Waals surface area (Å²) in [5, 5.41) is 0.417. The number of halogens is 12. The number of hydrogen-bond donors (Lipinski definition) is 0. The molecule has 0 amide bonds. The Balaban J connectivity index is 1.80. The van der Waals surface area contributed by atoms with E-state index >= 15 is 0 Å². The normalized spacial score (nSPS) is 59.1. The van der Waals surface area contributed by atoms with Crippen molar-refractivity contribution in [1.29, 1.82) is 0 Å². The Hall–Kier alpha value is 2.96. The van der Waals surface area contributed by atoms with Crippen LogP contribution in [0, 0.1) is 23.7 Å². The van der Waals surface area contributed by atoms with Crippen LogP contribution in [0.25, 0.3) is 0 Å². The third-order valence-electron chi connectivity index (χ3n) is 7.19. The van der Waals surface area contributed by atoms with E-state index in [0.29, 0.717) is 6.42 Å². The van der Waals surface area contributed by atoms with Crippen molar-refractivity contribution in [3.63, 3.8) is 0 Å². The lowest BCUT2D eigenvalue weighted by Gasteiger charge is -2.43. The first kappa shape index (κ1) is 21.8. The van der Waals surface area contributed by atoms with Gasteiger partial charge in [-0.15, -0.1) is 46.4 Å². The molecule has 150 valence electrons. The molecule has 5 rings (SSSR count). The molecule has 0 N–H and O–H groups in total. The highest BCUT2D eigenvalue weighted by Crippen LogP contribution is 2.88. The summed E-state index contributed by atoms with van der Waals surface area (Å²) in [5.74, 6) is -1.82. The molecule has 3 saturated carbocycles. The molecule has 5 aliphatic carbocycles. The number of hydrogen-bond acceptors (Lipinski definition) is 0. The third kappa shape index (κ3) is 1.71. The fraction of sp³-hybridized carbons (Fsp3) is 0.733. The van der Waals surface area contributed by atoms with E-state index in [4.69, 9.17) is 139 Å². The van der Waals surface area contributed by atoms with Gasteiger partial charge in [-0.3, -0.25) is 0 Å². The average molecular weight is 612 g/mol. The zero-order chi connectivity index (χ0) is 20.3. The van der Waals surface area contributed by atoms with Gasteiger partial charge in [0.05, 0.1) is 20.1 Å². The van der Waals surface area contributed by atoms with Crippen LogP contribution in [0.3, 0.4) is 0 Å². The minimum absolute atomic E-state index is 0.0836. The summed E-state index contributed by atoms with van der Waals surface area (Å²) >= 11 is 80.6. The van der Waals surface area contributed by atoms with Crippen LogP contribution in [-0.4, -0.2) is 28.2 Å². The molecule has 4 bridgehead atoms. The van der Waals surface area contributed by atoms with Gasteiger partial charge in [0.15, 0.2) is 8.67 Å². The Labute approximate surface area is 215 Å². The zero-order valence-electron chi connectivity index (χ0n) is 12.6. The van der Waals surface area contributed by atoms with Gasteiger partial charge in [0.25, 0.3) is 0 Å². The van der Waals surface area contributed by atoms with Gasteiger partial charge in [-0.1, -0.05) is 92.8 Å². The second-order valence-electron chi connectivity index (χ2n) is 7.75. The quantitative estimate of drug-likeness (QED) is 0.241. The molecular formula is C15H6Cl12. The lowest BCUT2D eigenvalue weighted by Crippen LogP contribution is -2.51. The molecule has 0 nitrogen and oxygen atoms in total. The standard InChI is InChI=1S/C15H6Cl12/c16-6-8(18)12(22)4-2(10(6,20)14(12,24)25)1-3-5(4)13(23)9(19)7(17)11(3,21)15(13,26)27/h2-5H,1H2/t2-,3-,4-,5-,10-,11+,12-,13-/m0/s1. The van der Waals surface area contributed by atoms with Crippen LogP contribution < -0.4 is 0 Å². The summed E-state index contributed by atoms with van der Waals surface area (Å²) in [6.07, 6.45) is 0.397. The van der Waals surface area contributed by atoms with E-state index < -0.39 is 40.0 Å². The van der Waals surface area contributed by atoms with Crippen molar-refractivity contribution in [2.75, 3.05) is 0 Å².